The van der Waals surface area contributed by atoms with Crippen LogP contribution in [0, 0.1) is 5.92 Å². The van der Waals surface area contributed by atoms with Crippen molar-refractivity contribution in [1.82, 2.24) is 0 Å². The molecule has 15 heavy (non-hydrogen) atoms. The van der Waals surface area contributed by atoms with Gasteiger partial charge in [0.15, 0.2) is 0 Å². The monoisotopic (exact) mass is 246 g/mol. The maximum atomic E-state index is 5.93. The standard InChI is InChI=1S/C11H16Cl2N2/c1-8(6-14)7-15(2)11-4-9(12)3-10(13)5-11/h3-5,8H,6-7,14H2,1-2H3. The summed E-state index contributed by atoms with van der Waals surface area (Å²) >= 11 is 11.9. The van der Waals surface area contributed by atoms with Crippen LogP contribution in [0.4, 0.5) is 5.69 Å². The Bertz CT molecular complexity index is 308. The minimum absolute atomic E-state index is 0.452. The summed E-state index contributed by atoms with van der Waals surface area (Å²) in [6, 6.07) is 5.53. The lowest BCUT2D eigenvalue weighted by Crippen LogP contribution is -2.28. The molecule has 0 saturated carbocycles. The molecule has 0 spiro atoms. The molecule has 1 atom stereocenters. The lowest BCUT2D eigenvalue weighted by atomic mass is 10.1. The normalized spacial score (nSPS) is 12.6. The number of hydrogen-bond donors (Lipinski definition) is 1. The molecule has 0 aromatic heterocycles. The minimum Gasteiger partial charge on any atom is -0.374 e. The van der Waals surface area contributed by atoms with Crippen LogP contribution in [0.3, 0.4) is 0 Å². The largest absolute Gasteiger partial charge is 0.374 e. The van der Waals surface area contributed by atoms with Gasteiger partial charge >= 0.3 is 0 Å². The number of nitrogens with two attached hydrogens (primary N) is 1. The highest BCUT2D eigenvalue weighted by Crippen LogP contribution is 2.25. The Hall–Kier alpha value is -0.440. The highest BCUT2D eigenvalue weighted by Gasteiger charge is 2.07. The maximum Gasteiger partial charge on any atom is 0.0441 e. The van der Waals surface area contributed by atoms with Gasteiger partial charge in [0.1, 0.15) is 0 Å². The van der Waals surface area contributed by atoms with Crippen LogP contribution in [0.25, 0.3) is 0 Å². The van der Waals surface area contributed by atoms with Gasteiger partial charge in [0.05, 0.1) is 0 Å². The van der Waals surface area contributed by atoms with Crippen LogP contribution < -0.4 is 10.6 Å². The van der Waals surface area contributed by atoms with Crippen molar-refractivity contribution in [3.63, 3.8) is 0 Å². The first-order valence-corrected chi connectivity index (χ1v) is 5.66. The molecule has 0 aliphatic carbocycles. The van der Waals surface area contributed by atoms with Crippen molar-refractivity contribution in [2.75, 3.05) is 25.0 Å². The second-order valence-corrected chi connectivity index (χ2v) is 4.72. The summed E-state index contributed by atoms with van der Waals surface area (Å²) in [4.78, 5) is 2.11. The second kappa shape index (κ2) is 5.59. The molecule has 0 fully saturated rings. The third-order valence-electron chi connectivity index (χ3n) is 2.28. The number of halogens is 2. The summed E-state index contributed by atoms with van der Waals surface area (Å²) in [5.41, 5.74) is 6.60. The zero-order valence-electron chi connectivity index (χ0n) is 9.00. The van der Waals surface area contributed by atoms with Crippen LogP contribution in [-0.2, 0) is 0 Å². The Morgan fingerprint density at radius 3 is 2.27 bits per heavy atom. The Labute approximate surface area is 101 Å². The average molecular weight is 247 g/mol. The summed E-state index contributed by atoms with van der Waals surface area (Å²) < 4.78 is 0. The van der Waals surface area contributed by atoms with Gasteiger partial charge in [0.2, 0.25) is 0 Å². The van der Waals surface area contributed by atoms with Gasteiger partial charge in [-0.2, -0.15) is 0 Å². The van der Waals surface area contributed by atoms with Crippen molar-refractivity contribution in [3.8, 4) is 0 Å². The van der Waals surface area contributed by atoms with E-state index >= 15 is 0 Å². The fraction of sp³-hybridized carbons (Fsp3) is 0.455. The van der Waals surface area contributed by atoms with E-state index in [0.717, 1.165) is 12.2 Å². The van der Waals surface area contributed by atoms with E-state index in [1.54, 1.807) is 6.07 Å². The number of rotatable bonds is 4. The zero-order valence-corrected chi connectivity index (χ0v) is 10.5. The summed E-state index contributed by atoms with van der Waals surface area (Å²) in [5, 5.41) is 1.31. The molecule has 1 rings (SSSR count). The molecule has 0 saturated heterocycles. The molecular formula is C11H16Cl2N2. The van der Waals surface area contributed by atoms with Crippen LogP contribution >= 0.6 is 23.2 Å². The molecule has 1 unspecified atom stereocenters. The van der Waals surface area contributed by atoms with Gasteiger partial charge in [0, 0.05) is 29.3 Å². The van der Waals surface area contributed by atoms with Gasteiger partial charge in [-0.1, -0.05) is 30.1 Å². The fourth-order valence-corrected chi connectivity index (χ4v) is 1.92. The molecule has 1 aromatic rings. The molecule has 2 N–H and O–H groups in total. The van der Waals surface area contributed by atoms with Crippen molar-refractivity contribution in [1.29, 1.82) is 0 Å². The Balaban J connectivity index is 2.77. The Morgan fingerprint density at radius 1 is 1.27 bits per heavy atom. The summed E-state index contributed by atoms with van der Waals surface area (Å²) in [6.45, 7) is 3.69. The topological polar surface area (TPSA) is 29.3 Å². The maximum absolute atomic E-state index is 5.93. The van der Waals surface area contributed by atoms with Gasteiger partial charge < -0.3 is 10.6 Å². The SMILES string of the molecule is CC(CN)CN(C)c1cc(Cl)cc(Cl)c1. The molecule has 0 aliphatic heterocycles. The third kappa shape index (κ3) is 3.90. The van der Waals surface area contributed by atoms with Gasteiger partial charge in [-0.25, -0.2) is 0 Å². The number of nitrogens with zero attached hydrogens (tertiary/aromatic N) is 1. The molecule has 0 heterocycles. The summed E-state index contributed by atoms with van der Waals surface area (Å²) in [5.74, 6) is 0.452. The number of hydrogen-bond acceptors (Lipinski definition) is 2. The van der Waals surface area contributed by atoms with Crippen LogP contribution in [-0.4, -0.2) is 20.1 Å². The number of benzene rings is 1. The fourth-order valence-electron chi connectivity index (χ4n) is 1.41. The van der Waals surface area contributed by atoms with E-state index in [0.29, 0.717) is 22.5 Å². The molecule has 0 radical (unpaired) electrons. The molecule has 0 amide bonds. The first-order chi connectivity index (χ1) is 7.02. The van der Waals surface area contributed by atoms with E-state index in [1.807, 2.05) is 19.2 Å². The van der Waals surface area contributed by atoms with Crippen LogP contribution in [0.5, 0.6) is 0 Å². The second-order valence-electron chi connectivity index (χ2n) is 3.85. The van der Waals surface area contributed by atoms with E-state index in [4.69, 9.17) is 28.9 Å². The molecule has 1 aromatic carbocycles. The molecule has 2 nitrogen and oxygen atoms in total. The predicted octanol–water partition coefficient (Wildman–Crippen LogP) is 3.02. The highest BCUT2D eigenvalue weighted by atomic mass is 35.5. The molecule has 4 heteroatoms. The predicted molar refractivity (Wildman–Crippen MR) is 68.0 cm³/mol. The van der Waals surface area contributed by atoms with E-state index in [9.17, 15) is 0 Å². The van der Waals surface area contributed by atoms with Gasteiger partial charge in [-0.05, 0) is 30.7 Å². The van der Waals surface area contributed by atoms with Crippen molar-refractivity contribution < 1.29 is 0 Å². The zero-order chi connectivity index (χ0) is 11.4. The van der Waals surface area contributed by atoms with Crippen molar-refractivity contribution in [2.45, 2.75) is 6.92 Å². The average Bonchev–Trinajstić information content (AvgIpc) is 2.16. The quantitative estimate of drug-likeness (QED) is 0.886. The molecule has 0 bridgehead atoms. The van der Waals surface area contributed by atoms with Crippen LogP contribution in [0.15, 0.2) is 18.2 Å². The Morgan fingerprint density at radius 2 is 1.80 bits per heavy atom. The van der Waals surface area contributed by atoms with Crippen LogP contribution in [0.2, 0.25) is 10.0 Å². The molecule has 0 aliphatic rings. The summed E-state index contributed by atoms with van der Waals surface area (Å²) in [6.07, 6.45) is 0. The molecular weight excluding hydrogens is 231 g/mol. The van der Waals surface area contributed by atoms with E-state index in [1.165, 1.54) is 0 Å². The first kappa shape index (κ1) is 12.6. The smallest absolute Gasteiger partial charge is 0.0441 e. The minimum atomic E-state index is 0.452. The summed E-state index contributed by atoms with van der Waals surface area (Å²) in [7, 11) is 2.01. The van der Waals surface area contributed by atoms with Crippen LogP contribution in [0.1, 0.15) is 6.92 Å². The van der Waals surface area contributed by atoms with Crippen molar-refractivity contribution in [2.24, 2.45) is 11.7 Å². The molecule has 84 valence electrons. The van der Waals surface area contributed by atoms with Gasteiger partial charge in [-0.15, -0.1) is 0 Å². The number of anilines is 1. The lowest BCUT2D eigenvalue weighted by Gasteiger charge is -2.23. The van der Waals surface area contributed by atoms with Gasteiger partial charge in [-0.3, -0.25) is 0 Å². The van der Waals surface area contributed by atoms with Gasteiger partial charge in [0.25, 0.3) is 0 Å². The van der Waals surface area contributed by atoms with E-state index in [2.05, 4.69) is 11.8 Å². The Kier molecular flexibility index (Phi) is 4.71. The van der Waals surface area contributed by atoms with E-state index < -0.39 is 0 Å². The van der Waals surface area contributed by atoms with Crippen molar-refractivity contribution in [3.05, 3.63) is 28.2 Å². The lowest BCUT2D eigenvalue weighted by molar-refractivity contribution is 0.590. The van der Waals surface area contributed by atoms with E-state index in [-0.39, 0.29) is 0 Å². The first-order valence-electron chi connectivity index (χ1n) is 4.90. The third-order valence-corrected chi connectivity index (χ3v) is 2.71. The highest BCUT2D eigenvalue weighted by molar-refractivity contribution is 6.35. The van der Waals surface area contributed by atoms with Crippen molar-refractivity contribution >= 4 is 28.9 Å².